The first-order valence-corrected chi connectivity index (χ1v) is 8.04. The second-order valence-electron chi connectivity index (χ2n) is 4.48. The lowest BCUT2D eigenvalue weighted by Gasteiger charge is -2.37. The fourth-order valence-electron chi connectivity index (χ4n) is 2.05. The molecular formula is C13H16INO2S. The minimum Gasteiger partial charge on any atom is -0.507 e. The molecule has 18 heavy (non-hydrogen) atoms. The van der Waals surface area contributed by atoms with Crippen molar-refractivity contribution in [3.63, 3.8) is 0 Å². The molecule has 98 valence electrons. The molecule has 1 aliphatic heterocycles. The smallest absolute Gasteiger partial charge is 0.257 e. The van der Waals surface area contributed by atoms with Gasteiger partial charge in [-0.2, -0.15) is 11.8 Å². The molecule has 0 saturated carbocycles. The number of aromatic hydroxyl groups is 1. The van der Waals surface area contributed by atoms with Crippen LogP contribution in [0.15, 0.2) is 18.2 Å². The zero-order valence-electron chi connectivity index (χ0n) is 10.4. The van der Waals surface area contributed by atoms with Gasteiger partial charge in [0.05, 0.1) is 5.56 Å². The van der Waals surface area contributed by atoms with Crippen LogP contribution in [0.3, 0.4) is 0 Å². The molecule has 1 heterocycles. The summed E-state index contributed by atoms with van der Waals surface area (Å²) in [5.41, 5.74) is 0.410. The minimum absolute atomic E-state index is 0.0642. The molecule has 1 N–H and O–H groups in total. The summed E-state index contributed by atoms with van der Waals surface area (Å²) < 4.78 is 0.959. The number of phenolic OH excluding ortho intramolecular Hbond substituents is 1. The topological polar surface area (TPSA) is 40.5 Å². The van der Waals surface area contributed by atoms with E-state index in [1.807, 2.05) is 16.7 Å². The van der Waals surface area contributed by atoms with Crippen LogP contribution in [0.25, 0.3) is 0 Å². The standard InChI is InChI=1S/C13H16INO2S/c1-8-9(2)18-6-5-15(8)13(17)11-7-10(14)3-4-12(11)16/h3-4,7-9,16H,5-6H2,1-2H3. The maximum absolute atomic E-state index is 12.5. The van der Waals surface area contributed by atoms with Gasteiger partial charge < -0.3 is 10.0 Å². The Balaban J connectivity index is 2.27. The largest absolute Gasteiger partial charge is 0.507 e. The molecule has 2 rings (SSSR count). The lowest BCUT2D eigenvalue weighted by molar-refractivity contribution is 0.0695. The second-order valence-corrected chi connectivity index (χ2v) is 7.21. The Bertz CT molecular complexity index is 466. The van der Waals surface area contributed by atoms with Gasteiger partial charge in [-0.3, -0.25) is 4.79 Å². The van der Waals surface area contributed by atoms with E-state index >= 15 is 0 Å². The van der Waals surface area contributed by atoms with E-state index in [2.05, 4.69) is 36.4 Å². The van der Waals surface area contributed by atoms with Gasteiger partial charge in [0.1, 0.15) is 5.75 Å². The number of halogens is 1. The number of nitrogens with zero attached hydrogens (tertiary/aromatic N) is 1. The van der Waals surface area contributed by atoms with Crippen molar-refractivity contribution >= 4 is 40.3 Å². The molecule has 1 aromatic rings. The minimum atomic E-state index is -0.0642. The van der Waals surface area contributed by atoms with Gasteiger partial charge >= 0.3 is 0 Å². The molecule has 1 amide bonds. The van der Waals surface area contributed by atoms with E-state index in [1.54, 1.807) is 18.2 Å². The molecule has 0 radical (unpaired) electrons. The quantitative estimate of drug-likeness (QED) is 0.766. The summed E-state index contributed by atoms with van der Waals surface area (Å²) in [6.45, 7) is 4.96. The summed E-state index contributed by atoms with van der Waals surface area (Å²) in [5.74, 6) is 0.964. The SMILES string of the molecule is CC1SCCN(C(=O)c2cc(I)ccc2O)C1C. The van der Waals surface area contributed by atoms with E-state index in [-0.39, 0.29) is 17.7 Å². The summed E-state index contributed by atoms with van der Waals surface area (Å²) >= 11 is 4.04. The van der Waals surface area contributed by atoms with Crippen molar-refractivity contribution in [1.82, 2.24) is 4.90 Å². The Morgan fingerprint density at radius 2 is 2.22 bits per heavy atom. The Hall–Kier alpha value is -0.430. The van der Waals surface area contributed by atoms with Crippen LogP contribution in [0.2, 0.25) is 0 Å². The van der Waals surface area contributed by atoms with Gasteiger partial charge in [0, 0.05) is 27.2 Å². The van der Waals surface area contributed by atoms with E-state index in [9.17, 15) is 9.90 Å². The summed E-state index contributed by atoms with van der Waals surface area (Å²) in [6, 6.07) is 5.33. The maximum atomic E-state index is 12.5. The van der Waals surface area contributed by atoms with Gasteiger partial charge in [0.15, 0.2) is 0 Å². The van der Waals surface area contributed by atoms with E-state index in [0.717, 1.165) is 15.9 Å². The van der Waals surface area contributed by atoms with Crippen LogP contribution in [0, 0.1) is 3.57 Å². The molecule has 1 aromatic carbocycles. The molecule has 1 aliphatic rings. The van der Waals surface area contributed by atoms with Crippen LogP contribution in [0.5, 0.6) is 5.75 Å². The fraction of sp³-hybridized carbons (Fsp3) is 0.462. The average molecular weight is 377 g/mol. The molecule has 1 saturated heterocycles. The van der Waals surface area contributed by atoms with Gasteiger partial charge in [-0.05, 0) is 47.7 Å². The molecule has 5 heteroatoms. The number of rotatable bonds is 1. The van der Waals surface area contributed by atoms with Crippen molar-refractivity contribution in [2.45, 2.75) is 25.1 Å². The highest BCUT2D eigenvalue weighted by Crippen LogP contribution is 2.28. The highest BCUT2D eigenvalue weighted by Gasteiger charge is 2.30. The number of hydrogen-bond donors (Lipinski definition) is 1. The maximum Gasteiger partial charge on any atom is 0.257 e. The predicted octanol–water partition coefficient (Wildman–Crippen LogP) is 2.96. The number of phenols is 1. The van der Waals surface area contributed by atoms with Crippen molar-refractivity contribution in [2.75, 3.05) is 12.3 Å². The number of thioether (sulfide) groups is 1. The monoisotopic (exact) mass is 377 g/mol. The highest BCUT2D eigenvalue weighted by molar-refractivity contribution is 14.1. The van der Waals surface area contributed by atoms with E-state index in [0.29, 0.717) is 10.8 Å². The fourth-order valence-corrected chi connectivity index (χ4v) is 3.64. The Kier molecular flexibility index (Phi) is 4.42. The van der Waals surface area contributed by atoms with Crippen molar-refractivity contribution < 1.29 is 9.90 Å². The third kappa shape index (κ3) is 2.77. The first kappa shape index (κ1) is 14.0. The van der Waals surface area contributed by atoms with Crippen molar-refractivity contribution in [3.05, 3.63) is 27.3 Å². The van der Waals surface area contributed by atoms with Crippen LogP contribution in [-0.2, 0) is 0 Å². The number of amides is 1. The normalized spacial score (nSPS) is 24.1. The Labute approximate surface area is 125 Å². The van der Waals surface area contributed by atoms with Gasteiger partial charge in [-0.1, -0.05) is 6.92 Å². The molecule has 0 aromatic heterocycles. The Morgan fingerprint density at radius 3 is 2.94 bits per heavy atom. The zero-order valence-corrected chi connectivity index (χ0v) is 13.4. The molecule has 0 spiro atoms. The lowest BCUT2D eigenvalue weighted by Crippen LogP contribution is -2.48. The van der Waals surface area contributed by atoms with E-state index in [4.69, 9.17) is 0 Å². The predicted molar refractivity (Wildman–Crippen MR) is 83.2 cm³/mol. The van der Waals surface area contributed by atoms with E-state index in [1.165, 1.54) is 0 Å². The number of carbonyl (C=O) groups is 1. The van der Waals surface area contributed by atoms with Crippen molar-refractivity contribution in [1.29, 1.82) is 0 Å². The molecule has 2 unspecified atom stereocenters. The summed E-state index contributed by atoms with van der Waals surface area (Å²) in [4.78, 5) is 14.3. The third-order valence-corrected chi connectivity index (χ3v) is 5.34. The molecule has 0 bridgehead atoms. The molecule has 2 atom stereocenters. The second kappa shape index (κ2) is 5.69. The number of carbonyl (C=O) groups excluding carboxylic acids is 1. The first-order chi connectivity index (χ1) is 8.50. The highest BCUT2D eigenvalue weighted by atomic mass is 127. The van der Waals surface area contributed by atoms with Crippen molar-refractivity contribution in [3.8, 4) is 5.75 Å². The molecular weight excluding hydrogens is 361 g/mol. The average Bonchev–Trinajstić information content (AvgIpc) is 2.35. The summed E-state index contributed by atoms with van der Waals surface area (Å²) in [6.07, 6.45) is 0. The van der Waals surface area contributed by atoms with E-state index < -0.39 is 0 Å². The summed E-state index contributed by atoms with van der Waals surface area (Å²) in [5, 5.41) is 10.3. The van der Waals surface area contributed by atoms with Gasteiger partial charge in [-0.25, -0.2) is 0 Å². The van der Waals surface area contributed by atoms with Gasteiger partial charge in [0.2, 0.25) is 0 Å². The molecule has 1 fully saturated rings. The van der Waals surface area contributed by atoms with Gasteiger partial charge in [0.25, 0.3) is 5.91 Å². The van der Waals surface area contributed by atoms with Crippen LogP contribution in [0.4, 0.5) is 0 Å². The third-order valence-electron chi connectivity index (χ3n) is 3.33. The van der Waals surface area contributed by atoms with Crippen LogP contribution >= 0.6 is 34.4 Å². The molecule has 3 nitrogen and oxygen atoms in total. The number of benzene rings is 1. The Morgan fingerprint density at radius 1 is 1.50 bits per heavy atom. The van der Waals surface area contributed by atoms with Gasteiger partial charge in [-0.15, -0.1) is 0 Å². The lowest BCUT2D eigenvalue weighted by atomic mass is 10.1. The number of hydrogen-bond acceptors (Lipinski definition) is 3. The first-order valence-electron chi connectivity index (χ1n) is 5.92. The summed E-state index contributed by atoms with van der Waals surface area (Å²) in [7, 11) is 0. The molecule has 0 aliphatic carbocycles. The van der Waals surface area contributed by atoms with Crippen LogP contribution < -0.4 is 0 Å². The van der Waals surface area contributed by atoms with Crippen LogP contribution in [0.1, 0.15) is 24.2 Å². The van der Waals surface area contributed by atoms with Crippen LogP contribution in [-0.4, -0.2) is 39.5 Å². The van der Waals surface area contributed by atoms with Crippen molar-refractivity contribution in [2.24, 2.45) is 0 Å². The zero-order chi connectivity index (χ0) is 13.3.